The monoisotopic (exact) mass is 378 g/mol. The van der Waals surface area contributed by atoms with Crippen molar-refractivity contribution in [3.05, 3.63) is 34.3 Å². The molecule has 21 heavy (non-hydrogen) atoms. The van der Waals surface area contributed by atoms with Gasteiger partial charge in [0.05, 0.1) is 19.8 Å². The van der Waals surface area contributed by atoms with E-state index in [0.717, 1.165) is 10.0 Å². The van der Waals surface area contributed by atoms with Crippen LogP contribution in [-0.4, -0.2) is 50.3 Å². The molecule has 2 atom stereocenters. The van der Waals surface area contributed by atoms with Crippen molar-refractivity contribution in [3.8, 4) is 0 Å². The molecule has 0 bridgehead atoms. The first-order valence-corrected chi connectivity index (χ1v) is 7.31. The Morgan fingerprint density at radius 3 is 3.05 bits per heavy atom. The highest BCUT2D eigenvalue weighted by molar-refractivity contribution is 9.10. The van der Waals surface area contributed by atoms with E-state index < -0.39 is 6.04 Å². The molecule has 5 nitrogen and oxygen atoms in total. The molecule has 2 unspecified atom stereocenters. The number of nitrogens with two attached hydrogens (primary N) is 1. The Morgan fingerprint density at radius 2 is 2.38 bits per heavy atom. The van der Waals surface area contributed by atoms with Crippen LogP contribution in [0.4, 0.5) is 0 Å². The second-order valence-corrected chi connectivity index (χ2v) is 5.68. The van der Waals surface area contributed by atoms with Gasteiger partial charge in [0, 0.05) is 18.1 Å². The summed E-state index contributed by atoms with van der Waals surface area (Å²) in [5.41, 5.74) is 6.86. The summed E-state index contributed by atoms with van der Waals surface area (Å²) >= 11 is 3.44. The average Bonchev–Trinajstić information content (AvgIpc) is 2.47. The highest BCUT2D eigenvalue weighted by Gasteiger charge is 2.28. The Balaban J connectivity index is 0.00000220. The SMILES string of the molecule is COCC(N)C(=O)N1CCOC(c2cccc(Br)c2)C1.Cl. The van der Waals surface area contributed by atoms with Gasteiger partial charge in [0.2, 0.25) is 5.91 Å². The van der Waals surface area contributed by atoms with Gasteiger partial charge < -0.3 is 20.1 Å². The van der Waals surface area contributed by atoms with Gasteiger partial charge in [0.15, 0.2) is 0 Å². The van der Waals surface area contributed by atoms with Gasteiger partial charge in [-0.05, 0) is 17.7 Å². The van der Waals surface area contributed by atoms with Gasteiger partial charge in [-0.3, -0.25) is 4.79 Å². The molecular weight excluding hydrogens is 360 g/mol. The summed E-state index contributed by atoms with van der Waals surface area (Å²) in [5, 5.41) is 0. The number of halogens is 2. The molecule has 2 N–H and O–H groups in total. The van der Waals surface area contributed by atoms with Crippen molar-refractivity contribution in [1.29, 1.82) is 0 Å². The molecule has 118 valence electrons. The Bertz CT molecular complexity index is 475. The number of rotatable bonds is 4. The molecule has 1 saturated heterocycles. The number of hydrogen-bond donors (Lipinski definition) is 1. The Hall–Kier alpha value is -0.660. The molecule has 2 rings (SSSR count). The smallest absolute Gasteiger partial charge is 0.242 e. The Kier molecular flexibility index (Phi) is 7.62. The van der Waals surface area contributed by atoms with Gasteiger partial charge in [-0.1, -0.05) is 28.1 Å². The molecule has 1 aromatic rings. The van der Waals surface area contributed by atoms with E-state index in [1.165, 1.54) is 7.11 Å². The number of hydrogen-bond acceptors (Lipinski definition) is 4. The molecule has 0 aromatic heterocycles. The molecule has 1 aliphatic rings. The summed E-state index contributed by atoms with van der Waals surface area (Å²) in [7, 11) is 1.54. The molecule has 0 aliphatic carbocycles. The van der Waals surface area contributed by atoms with Crippen LogP contribution in [-0.2, 0) is 14.3 Å². The zero-order chi connectivity index (χ0) is 14.5. The fraction of sp³-hybridized carbons (Fsp3) is 0.500. The first kappa shape index (κ1) is 18.4. The van der Waals surface area contributed by atoms with Gasteiger partial charge in [0.25, 0.3) is 0 Å². The largest absolute Gasteiger partial charge is 0.383 e. The van der Waals surface area contributed by atoms with Crippen molar-refractivity contribution in [2.24, 2.45) is 5.73 Å². The lowest BCUT2D eigenvalue weighted by atomic mass is 10.1. The van der Waals surface area contributed by atoms with Crippen molar-refractivity contribution in [1.82, 2.24) is 4.90 Å². The van der Waals surface area contributed by atoms with Crippen molar-refractivity contribution >= 4 is 34.2 Å². The number of morpholine rings is 1. The second-order valence-electron chi connectivity index (χ2n) is 4.76. The number of nitrogens with zero attached hydrogens (tertiary/aromatic N) is 1. The van der Waals surface area contributed by atoms with Crippen LogP contribution >= 0.6 is 28.3 Å². The standard InChI is InChI=1S/C14H19BrN2O3.ClH/c1-19-9-12(16)14(18)17-5-6-20-13(8-17)10-3-2-4-11(15)7-10;/h2-4,7,12-13H,5-6,8-9,16H2,1H3;1H. The topological polar surface area (TPSA) is 64.8 Å². The van der Waals surface area contributed by atoms with Crippen LogP contribution in [0.5, 0.6) is 0 Å². The van der Waals surface area contributed by atoms with E-state index in [2.05, 4.69) is 15.9 Å². The lowest BCUT2D eigenvalue weighted by Crippen LogP contribution is -2.50. The molecule has 1 heterocycles. The van der Waals surface area contributed by atoms with Crippen molar-refractivity contribution in [2.45, 2.75) is 12.1 Å². The number of carbonyl (C=O) groups excluding carboxylic acids is 1. The lowest BCUT2D eigenvalue weighted by molar-refractivity contribution is -0.141. The van der Waals surface area contributed by atoms with Crippen LogP contribution in [0, 0.1) is 0 Å². The first-order chi connectivity index (χ1) is 9.61. The van der Waals surface area contributed by atoms with E-state index in [-0.39, 0.29) is 31.0 Å². The summed E-state index contributed by atoms with van der Waals surface area (Å²) in [6, 6.07) is 7.32. The Morgan fingerprint density at radius 1 is 1.62 bits per heavy atom. The van der Waals surface area contributed by atoms with Crippen LogP contribution in [0.2, 0.25) is 0 Å². The highest BCUT2D eigenvalue weighted by atomic mass is 79.9. The maximum atomic E-state index is 12.2. The van der Waals surface area contributed by atoms with E-state index in [4.69, 9.17) is 15.2 Å². The molecule has 0 radical (unpaired) electrons. The fourth-order valence-electron chi connectivity index (χ4n) is 2.24. The van der Waals surface area contributed by atoms with Crippen LogP contribution < -0.4 is 5.73 Å². The number of carbonyl (C=O) groups is 1. The third kappa shape index (κ3) is 4.93. The summed E-state index contributed by atoms with van der Waals surface area (Å²) in [6.07, 6.45) is -0.111. The molecule has 1 aromatic carbocycles. The summed E-state index contributed by atoms with van der Waals surface area (Å²) in [5.74, 6) is -0.0878. The third-order valence-electron chi connectivity index (χ3n) is 3.26. The van der Waals surface area contributed by atoms with E-state index in [1.807, 2.05) is 24.3 Å². The average molecular weight is 380 g/mol. The van der Waals surface area contributed by atoms with Gasteiger partial charge in [-0.25, -0.2) is 0 Å². The van der Waals surface area contributed by atoms with Crippen molar-refractivity contribution in [2.75, 3.05) is 33.4 Å². The molecular formula is C14H20BrClN2O3. The van der Waals surface area contributed by atoms with E-state index in [0.29, 0.717) is 19.7 Å². The summed E-state index contributed by atoms with van der Waals surface area (Å²) < 4.78 is 11.7. The van der Waals surface area contributed by atoms with E-state index in [9.17, 15) is 4.79 Å². The van der Waals surface area contributed by atoms with Crippen molar-refractivity contribution < 1.29 is 14.3 Å². The molecule has 1 amide bonds. The molecule has 1 aliphatic heterocycles. The third-order valence-corrected chi connectivity index (χ3v) is 3.76. The summed E-state index contributed by atoms with van der Waals surface area (Å²) in [4.78, 5) is 13.9. The van der Waals surface area contributed by atoms with E-state index in [1.54, 1.807) is 4.90 Å². The zero-order valence-corrected chi connectivity index (χ0v) is 14.2. The maximum Gasteiger partial charge on any atom is 0.242 e. The number of methoxy groups -OCH3 is 1. The van der Waals surface area contributed by atoms with Gasteiger partial charge in [-0.15, -0.1) is 12.4 Å². The quantitative estimate of drug-likeness (QED) is 0.865. The molecule has 0 saturated carbocycles. The summed E-state index contributed by atoms with van der Waals surface area (Å²) in [6.45, 7) is 1.84. The van der Waals surface area contributed by atoms with Crippen LogP contribution in [0.1, 0.15) is 11.7 Å². The Labute approximate surface area is 139 Å². The fourth-order valence-corrected chi connectivity index (χ4v) is 2.66. The number of amides is 1. The second kappa shape index (κ2) is 8.70. The lowest BCUT2D eigenvalue weighted by Gasteiger charge is -2.34. The maximum absolute atomic E-state index is 12.2. The zero-order valence-electron chi connectivity index (χ0n) is 11.8. The first-order valence-electron chi connectivity index (χ1n) is 6.52. The minimum absolute atomic E-state index is 0. The van der Waals surface area contributed by atoms with Gasteiger partial charge in [-0.2, -0.15) is 0 Å². The molecule has 1 fully saturated rings. The van der Waals surface area contributed by atoms with Crippen LogP contribution in [0.25, 0.3) is 0 Å². The minimum atomic E-state index is -0.610. The molecule has 0 spiro atoms. The predicted octanol–water partition coefficient (Wildman–Crippen LogP) is 1.74. The van der Waals surface area contributed by atoms with Crippen LogP contribution in [0.15, 0.2) is 28.7 Å². The van der Waals surface area contributed by atoms with Crippen LogP contribution in [0.3, 0.4) is 0 Å². The number of benzene rings is 1. The van der Waals surface area contributed by atoms with E-state index >= 15 is 0 Å². The van der Waals surface area contributed by atoms with Gasteiger partial charge in [0.1, 0.15) is 12.1 Å². The molecule has 7 heteroatoms. The normalized spacial score (nSPS) is 19.8. The number of ether oxygens (including phenoxy) is 2. The van der Waals surface area contributed by atoms with Gasteiger partial charge >= 0.3 is 0 Å². The highest BCUT2D eigenvalue weighted by Crippen LogP contribution is 2.24. The predicted molar refractivity (Wildman–Crippen MR) is 86.5 cm³/mol. The minimum Gasteiger partial charge on any atom is -0.383 e. The van der Waals surface area contributed by atoms with Crippen molar-refractivity contribution in [3.63, 3.8) is 0 Å².